The first-order chi connectivity index (χ1) is 8.63. The fraction of sp³-hybridized carbons (Fsp3) is 0.417. The molecule has 0 fully saturated rings. The monoisotopic (exact) mass is 264 g/mol. The smallest absolute Gasteiger partial charge is 0.300 e. The highest BCUT2D eigenvalue weighted by atomic mass is 32.2. The Bertz CT molecular complexity index is 583. The fourth-order valence-corrected chi connectivity index (χ4v) is 2.24. The van der Waals surface area contributed by atoms with Gasteiger partial charge in [-0.3, -0.25) is 0 Å². The summed E-state index contributed by atoms with van der Waals surface area (Å²) < 4.78 is 1.99. The molecule has 0 radical (unpaired) electrons. The maximum atomic E-state index is 4.60. The predicted molar refractivity (Wildman–Crippen MR) is 74.8 cm³/mol. The van der Waals surface area contributed by atoms with Crippen molar-refractivity contribution in [2.75, 3.05) is 18.1 Å². The molecule has 6 heteroatoms. The second-order valence-corrected chi connectivity index (χ2v) is 5.04. The zero-order valence-corrected chi connectivity index (χ0v) is 11.9. The summed E-state index contributed by atoms with van der Waals surface area (Å²) in [6, 6.07) is 0. The van der Waals surface area contributed by atoms with Crippen molar-refractivity contribution in [3.8, 4) is 0 Å². The van der Waals surface area contributed by atoms with Crippen LogP contribution in [0, 0.1) is 0 Å². The summed E-state index contributed by atoms with van der Waals surface area (Å²) in [6.45, 7) is 4.93. The van der Waals surface area contributed by atoms with Crippen molar-refractivity contribution in [2.24, 2.45) is 7.05 Å². The third kappa shape index (κ3) is 2.48. The number of aryl methyl sites for hydroxylation is 1. The molecule has 0 aliphatic rings. The van der Waals surface area contributed by atoms with Crippen LogP contribution in [0.15, 0.2) is 23.1 Å². The first-order valence-electron chi connectivity index (χ1n) is 5.77. The third-order valence-corrected chi connectivity index (χ3v) is 3.36. The van der Waals surface area contributed by atoms with Gasteiger partial charge in [-0.15, -0.1) is 0 Å². The van der Waals surface area contributed by atoms with Crippen LogP contribution in [-0.4, -0.2) is 27.8 Å². The van der Waals surface area contributed by atoms with Gasteiger partial charge in [-0.05, 0) is 20.1 Å². The number of imidazole rings is 1. The highest BCUT2D eigenvalue weighted by Gasteiger charge is 2.19. The molecule has 0 unspecified atom stereocenters. The van der Waals surface area contributed by atoms with Crippen LogP contribution in [0.3, 0.4) is 0 Å². The van der Waals surface area contributed by atoms with E-state index in [2.05, 4.69) is 40.2 Å². The fourth-order valence-electron chi connectivity index (χ4n) is 1.70. The quantitative estimate of drug-likeness (QED) is 0.383. The number of allylic oxidation sites excluding steroid dienone is 1. The highest BCUT2D eigenvalue weighted by Crippen LogP contribution is 2.18. The summed E-state index contributed by atoms with van der Waals surface area (Å²) in [6.07, 6.45) is 5.85. The molecular formula is C12H18N5S+. The molecule has 0 aliphatic heterocycles. The lowest BCUT2D eigenvalue weighted by atomic mass is 10.3. The van der Waals surface area contributed by atoms with E-state index in [1.165, 1.54) is 5.57 Å². The molecule has 2 rings (SSSR count). The first-order valence-corrected chi connectivity index (χ1v) is 7.00. The van der Waals surface area contributed by atoms with E-state index in [9.17, 15) is 0 Å². The zero-order valence-electron chi connectivity index (χ0n) is 11.1. The molecule has 2 heterocycles. The molecule has 2 N–H and O–H groups in total. The Morgan fingerprint density at radius 1 is 1.56 bits per heavy atom. The van der Waals surface area contributed by atoms with Gasteiger partial charge in [0, 0.05) is 6.54 Å². The van der Waals surface area contributed by atoms with Crippen LogP contribution < -0.4 is 9.88 Å². The van der Waals surface area contributed by atoms with Crippen LogP contribution >= 0.6 is 11.8 Å². The molecule has 2 aromatic rings. The van der Waals surface area contributed by atoms with Gasteiger partial charge in [0.05, 0.1) is 7.05 Å². The maximum Gasteiger partial charge on any atom is 0.300 e. The Morgan fingerprint density at radius 2 is 2.33 bits per heavy atom. The summed E-state index contributed by atoms with van der Waals surface area (Å²) in [5.41, 5.74) is 3.14. The van der Waals surface area contributed by atoms with E-state index in [4.69, 9.17) is 0 Å². The van der Waals surface area contributed by atoms with Gasteiger partial charge in [0.1, 0.15) is 0 Å². The number of H-pyrrole nitrogens is 1. The minimum atomic E-state index is 0.769. The van der Waals surface area contributed by atoms with Crippen molar-refractivity contribution in [3.05, 3.63) is 18.0 Å². The van der Waals surface area contributed by atoms with Crippen LogP contribution in [0.4, 0.5) is 5.82 Å². The van der Waals surface area contributed by atoms with Crippen LogP contribution in [0.5, 0.6) is 0 Å². The lowest BCUT2D eigenvalue weighted by Gasteiger charge is -2.04. The van der Waals surface area contributed by atoms with Gasteiger partial charge >= 0.3 is 5.16 Å². The standard InChI is InChI=1S/C12H17N5S/c1-8(2)5-6-13-10-9-11(15-7-14-9)17(3)12(16-10)18-4/h5,7H,6H2,1-4H3,(H,13,14,15)/p+1. The van der Waals surface area contributed by atoms with E-state index < -0.39 is 0 Å². The topological polar surface area (TPSA) is 57.5 Å². The number of rotatable bonds is 4. The summed E-state index contributed by atoms with van der Waals surface area (Å²) >= 11 is 1.61. The lowest BCUT2D eigenvalue weighted by Crippen LogP contribution is -2.34. The summed E-state index contributed by atoms with van der Waals surface area (Å²) in [5, 5.41) is 4.26. The Morgan fingerprint density at radius 3 is 3.00 bits per heavy atom. The number of aromatic nitrogens is 4. The molecule has 0 amide bonds. The molecule has 0 saturated heterocycles. The van der Waals surface area contributed by atoms with Crippen LogP contribution in [0.1, 0.15) is 13.8 Å². The van der Waals surface area contributed by atoms with Gasteiger partial charge in [-0.2, -0.15) is 0 Å². The maximum absolute atomic E-state index is 4.60. The summed E-state index contributed by atoms with van der Waals surface area (Å²) in [7, 11) is 1.97. The minimum absolute atomic E-state index is 0.769. The number of fused-ring (bicyclic) bond motifs is 1. The Labute approximate surface area is 111 Å². The van der Waals surface area contributed by atoms with Crippen molar-refractivity contribution in [3.63, 3.8) is 0 Å². The number of thioether (sulfide) groups is 1. The highest BCUT2D eigenvalue weighted by molar-refractivity contribution is 7.98. The summed E-state index contributed by atoms with van der Waals surface area (Å²) in [4.78, 5) is 12.1. The molecule has 18 heavy (non-hydrogen) atoms. The first kappa shape index (κ1) is 12.9. The molecule has 0 aliphatic carbocycles. The van der Waals surface area contributed by atoms with E-state index in [1.807, 2.05) is 17.9 Å². The molecule has 0 bridgehead atoms. The number of nitrogens with zero attached hydrogens (tertiary/aromatic N) is 3. The molecule has 0 atom stereocenters. The van der Waals surface area contributed by atoms with Gasteiger partial charge in [-0.1, -0.05) is 33.4 Å². The second-order valence-electron chi connectivity index (χ2n) is 4.27. The number of hydrogen-bond donors (Lipinski definition) is 2. The minimum Gasteiger partial charge on any atom is -0.351 e. The average molecular weight is 264 g/mol. The van der Waals surface area contributed by atoms with E-state index in [0.29, 0.717) is 0 Å². The predicted octanol–water partition coefficient (Wildman–Crippen LogP) is 1.88. The van der Waals surface area contributed by atoms with E-state index >= 15 is 0 Å². The third-order valence-electron chi connectivity index (χ3n) is 2.63. The van der Waals surface area contributed by atoms with Gasteiger partial charge in [-0.25, -0.2) is 4.57 Å². The Hall–Kier alpha value is -1.56. The Kier molecular flexibility index (Phi) is 3.86. The molecule has 0 aromatic carbocycles. The van der Waals surface area contributed by atoms with Gasteiger partial charge < -0.3 is 10.3 Å². The zero-order chi connectivity index (χ0) is 13.1. The van der Waals surface area contributed by atoms with Crippen molar-refractivity contribution in [1.82, 2.24) is 15.0 Å². The van der Waals surface area contributed by atoms with Gasteiger partial charge in [0.2, 0.25) is 5.82 Å². The molecule has 96 valence electrons. The molecule has 5 nitrogen and oxygen atoms in total. The van der Waals surface area contributed by atoms with E-state index in [0.717, 1.165) is 28.7 Å². The molecule has 0 saturated carbocycles. The van der Waals surface area contributed by atoms with Crippen molar-refractivity contribution in [1.29, 1.82) is 0 Å². The van der Waals surface area contributed by atoms with Crippen LogP contribution in [0.25, 0.3) is 11.2 Å². The number of anilines is 1. The average Bonchev–Trinajstić information content (AvgIpc) is 2.81. The second kappa shape index (κ2) is 5.39. The SMILES string of the molecule is CSc1nc(NCC=C(C)C)c2[nH]cnc2[n+]1C. The number of nitrogens with one attached hydrogen (secondary N) is 2. The van der Waals surface area contributed by atoms with Crippen molar-refractivity contribution >= 4 is 28.7 Å². The normalized spacial score (nSPS) is 10.7. The molecule has 2 aromatic heterocycles. The number of hydrogen-bond acceptors (Lipinski definition) is 4. The Balaban J connectivity index is 2.40. The van der Waals surface area contributed by atoms with Crippen LogP contribution in [-0.2, 0) is 7.05 Å². The largest absolute Gasteiger partial charge is 0.351 e. The lowest BCUT2D eigenvalue weighted by molar-refractivity contribution is -0.689. The van der Waals surface area contributed by atoms with E-state index in [1.54, 1.807) is 18.1 Å². The van der Waals surface area contributed by atoms with Gasteiger partial charge in [0.25, 0.3) is 5.65 Å². The van der Waals surface area contributed by atoms with Gasteiger partial charge in [0.15, 0.2) is 11.8 Å². The number of aromatic amines is 1. The van der Waals surface area contributed by atoms with Crippen LogP contribution in [0.2, 0.25) is 0 Å². The van der Waals surface area contributed by atoms with E-state index in [-0.39, 0.29) is 0 Å². The molecule has 0 spiro atoms. The van der Waals surface area contributed by atoms with Crippen molar-refractivity contribution in [2.45, 2.75) is 19.0 Å². The summed E-state index contributed by atoms with van der Waals surface area (Å²) in [5.74, 6) is 0.849. The van der Waals surface area contributed by atoms with Crippen molar-refractivity contribution < 1.29 is 4.57 Å². The molecular weight excluding hydrogens is 246 g/mol.